The third-order valence-electron chi connectivity index (χ3n) is 4.47. The number of aliphatic hydroxyl groups is 1. The van der Waals surface area contributed by atoms with Gasteiger partial charge in [-0.15, -0.1) is 0 Å². The van der Waals surface area contributed by atoms with Gasteiger partial charge in [-0.25, -0.2) is 4.79 Å². The van der Waals surface area contributed by atoms with E-state index >= 15 is 0 Å². The van der Waals surface area contributed by atoms with Gasteiger partial charge in [-0.2, -0.15) is 13.2 Å². The number of carbonyl (C=O) groups is 2. The number of urea groups is 1. The van der Waals surface area contributed by atoms with Crippen LogP contribution < -0.4 is 10.6 Å². The van der Waals surface area contributed by atoms with Crippen molar-refractivity contribution in [3.63, 3.8) is 0 Å². The number of nitro groups is 1. The maximum absolute atomic E-state index is 13.8. The molecule has 3 rings (SSSR count). The number of hydrogen-bond acceptors (Lipinski definition) is 6. The van der Waals surface area contributed by atoms with E-state index < -0.39 is 46.3 Å². The summed E-state index contributed by atoms with van der Waals surface area (Å²) in [5.74, 6) is -3.45. The number of non-ortho nitro benzene ring substituents is 1. The lowest BCUT2D eigenvalue weighted by atomic mass is 9.77. The topological polar surface area (TPSA) is 134 Å². The Morgan fingerprint density at radius 2 is 2.00 bits per heavy atom. The third-order valence-corrected chi connectivity index (χ3v) is 4.47. The fraction of sp³-hybridized carbons (Fsp3) is 0.235. The van der Waals surface area contributed by atoms with Crippen molar-refractivity contribution in [2.24, 2.45) is 5.92 Å². The Hall–Kier alpha value is -3.54. The maximum Gasteiger partial charge on any atom is 0.437 e. The second kappa shape index (κ2) is 7.13. The molecule has 2 amide bonds. The van der Waals surface area contributed by atoms with Gasteiger partial charge in [-0.1, -0.05) is 12.1 Å². The molecule has 1 aliphatic rings. The highest BCUT2D eigenvalue weighted by atomic mass is 19.4. The first-order valence-corrected chi connectivity index (χ1v) is 8.11. The number of hydrogen-bond donors (Lipinski definition) is 3. The molecule has 1 aliphatic heterocycles. The van der Waals surface area contributed by atoms with E-state index in [0.717, 1.165) is 18.3 Å². The molecule has 1 saturated heterocycles. The van der Waals surface area contributed by atoms with Gasteiger partial charge in [0.2, 0.25) is 5.72 Å². The minimum Gasteiger partial charge on any atom is -0.363 e. The smallest absolute Gasteiger partial charge is 0.363 e. The molecule has 29 heavy (non-hydrogen) atoms. The van der Waals surface area contributed by atoms with Crippen molar-refractivity contribution >= 4 is 17.5 Å². The van der Waals surface area contributed by atoms with Gasteiger partial charge >= 0.3 is 12.2 Å². The highest BCUT2D eigenvalue weighted by Crippen LogP contribution is 2.44. The lowest BCUT2D eigenvalue weighted by Gasteiger charge is -2.45. The summed E-state index contributed by atoms with van der Waals surface area (Å²) < 4.78 is 41.3. The first kappa shape index (κ1) is 20.2. The fourth-order valence-corrected chi connectivity index (χ4v) is 3.14. The largest absolute Gasteiger partial charge is 0.437 e. The number of aromatic nitrogens is 1. The molecule has 152 valence electrons. The summed E-state index contributed by atoms with van der Waals surface area (Å²) >= 11 is 0. The molecule has 1 aromatic heterocycles. The van der Waals surface area contributed by atoms with Crippen molar-refractivity contribution < 1.29 is 32.8 Å². The van der Waals surface area contributed by atoms with Gasteiger partial charge in [0.15, 0.2) is 5.78 Å². The Morgan fingerprint density at radius 1 is 1.28 bits per heavy atom. The van der Waals surface area contributed by atoms with Gasteiger partial charge in [0.25, 0.3) is 5.69 Å². The van der Waals surface area contributed by atoms with Crippen LogP contribution >= 0.6 is 0 Å². The quantitative estimate of drug-likeness (QED) is 0.401. The average Bonchev–Trinajstić information content (AvgIpc) is 2.67. The van der Waals surface area contributed by atoms with Gasteiger partial charge in [-0.05, 0) is 17.7 Å². The summed E-state index contributed by atoms with van der Waals surface area (Å²) in [5.41, 5.74) is -4.77. The second-order valence-corrected chi connectivity index (χ2v) is 6.28. The molecule has 0 spiro atoms. The van der Waals surface area contributed by atoms with E-state index in [2.05, 4.69) is 10.3 Å². The number of carbonyl (C=O) groups excluding carboxylic acids is 2. The van der Waals surface area contributed by atoms with Crippen LogP contribution in [0.2, 0.25) is 0 Å². The first-order valence-electron chi connectivity index (χ1n) is 8.11. The molecule has 1 fully saturated rings. The van der Waals surface area contributed by atoms with E-state index in [4.69, 9.17) is 0 Å². The number of Topliss-reactive ketones (excluding diaryl/α,β-unsaturated/α-hetero) is 1. The molecule has 12 heteroatoms. The van der Waals surface area contributed by atoms with Gasteiger partial charge in [0.05, 0.1) is 11.0 Å². The highest BCUT2D eigenvalue weighted by molar-refractivity contribution is 6.00. The number of pyridine rings is 1. The maximum atomic E-state index is 13.8. The highest BCUT2D eigenvalue weighted by Gasteiger charge is 2.66. The predicted molar refractivity (Wildman–Crippen MR) is 90.6 cm³/mol. The second-order valence-electron chi connectivity index (χ2n) is 6.28. The molecule has 0 saturated carbocycles. The van der Waals surface area contributed by atoms with Crippen molar-refractivity contribution in [3.05, 3.63) is 70.0 Å². The van der Waals surface area contributed by atoms with Crippen molar-refractivity contribution in [1.29, 1.82) is 0 Å². The van der Waals surface area contributed by atoms with Gasteiger partial charge in [0.1, 0.15) is 5.92 Å². The third kappa shape index (κ3) is 3.61. The van der Waals surface area contributed by atoms with Crippen LogP contribution in [0, 0.1) is 16.0 Å². The molecule has 0 bridgehead atoms. The van der Waals surface area contributed by atoms with Crippen molar-refractivity contribution in [3.8, 4) is 0 Å². The zero-order valence-electron chi connectivity index (χ0n) is 14.4. The summed E-state index contributed by atoms with van der Waals surface area (Å²) in [7, 11) is 0. The van der Waals surface area contributed by atoms with E-state index in [1.807, 2.05) is 0 Å². The van der Waals surface area contributed by atoms with Crippen LogP contribution in [-0.4, -0.2) is 38.7 Å². The van der Waals surface area contributed by atoms with Gasteiger partial charge in [-0.3, -0.25) is 19.9 Å². The van der Waals surface area contributed by atoms with Crippen LogP contribution in [0.15, 0.2) is 48.8 Å². The van der Waals surface area contributed by atoms with E-state index in [-0.39, 0.29) is 11.1 Å². The lowest BCUT2D eigenvalue weighted by Crippen LogP contribution is -2.72. The Kier molecular flexibility index (Phi) is 4.96. The molecule has 2 heterocycles. The summed E-state index contributed by atoms with van der Waals surface area (Å²) in [6, 6.07) is 3.85. The standard InChI is InChI=1S/C17H13F3N4O5/c18-17(19,20)16(27)12(14(25)10-4-2-6-21-8-10)13(22-15(26)23-16)9-3-1-5-11(7-9)24(28)29/h1-8,12-13,27H,(H2,22,23,26)/t12-,13+,16+/m0/s1. The van der Waals surface area contributed by atoms with Gasteiger partial charge in [0, 0.05) is 30.1 Å². The van der Waals surface area contributed by atoms with E-state index in [0.29, 0.717) is 0 Å². The number of nitrogens with one attached hydrogen (secondary N) is 2. The molecular weight excluding hydrogens is 397 g/mol. The molecule has 1 aromatic carbocycles. The number of ketones is 1. The summed E-state index contributed by atoms with van der Waals surface area (Å²) in [4.78, 5) is 38.8. The average molecular weight is 410 g/mol. The minimum absolute atomic E-state index is 0.154. The van der Waals surface area contributed by atoms with Crippen LogP contribution in [0.3, 0.4) is 0 Å². The van der Waals surface area contributed by atoms with E-state index in [1.165, 1.54) is 35.8 Å². The number of alkyl halides is 3. The molecular formula is C17H13F3N4O5. The Labute approximate surface area is 160 Å². The predicted octanol–water partition coefficient (Wildman–Crippen LogP) is 2.09. The summed E-state index contributed by atoms with van der Waals surface area (Å²) in [6.07, 6.45) is -3.11. The number of halogens is 3. The van der Waals surface area contributed by atoms with Crippen LogP contribution in [0.5, 0.6) is 0 Å². The Bertz CT molecular complexity index is 969. The Morgan fingerprint density at radius 3 is 2.59 bits per heavy atom. The number of nitro benzene ring substituents is 1. The summed E-state index contributed by atoms with van der Waals surface area (Å²) in [6.45, 7) is 0. The van der Waals surface area contributed by atoms with Crippen molar-refractivity contribution in [2.45, 2.75) is 17.9 Å². The van der Waals surface area contributed by atoms with Crippen LogP contribution in [0.25, 0.3) is 0 Å². The molecule has 3 N–H and O–H groups in total. The fourth-order valence-electron chi connectivity index (χ4n) is 3.14. The van der Waals surface area contributed by atoms with Crippen molar-refractivity contribution in [2.75, 3.05) is 0 Å². The van der Waals surface area contributed by atoms with Gasteiger partial charge < -0.3 is 15.7 Å². The molecule has 3 atom stereocenters. The number of rotatable bonds is 4. The first-order chi connectivity index (χ1) is 13.5. The summed E-state index contributed by atoms with van der Waals surface area (Å²) in [5, 5.41) is 25.0. The zero-order valence-corrected chi connectivity index (χ0v) is 14.4. The number of nitrogens with zero attached hydrogens (tertiary/aromatic N) is 2. The number of benzene rings is 1. The van der Waals surface area contributed by atoms with Crippen LogP contribution in [-0.2, 0) is 0 Å². The number of amides is 2. The molecule has 9 nitrogen and oxygen atoms in total. The van der Waals surface area contributed by atoms with Crippen molar-refractivity contribution in [1.82, 2.24) is 15.6 Å². The normalized spacial score (nSPS) is 24.3. The SMILES string of the molecule is O=C1N[C@H](c2cccc([N+](=O)[O-])c2)[C@@H](C(=O)c2cccnc2)[C@@](O)(C(F)(F)F)N1. The van der Waals surface area contributed by atoms with Crippen LogP contribution in [0.4, 0.5) is 23.7 Å². The van der Waals surface area contributed by atoms with Crippen LogP contribution in [0.1, 0.15) is 22.0 Å². The Balaban J connectivity index is 2.18. The molecule has 0 radical (unpaired) electrons. The molecule has 0 aliphatic carbocycles. The van der Waals surface area contributed by atoms with E-state index in [9.17, 15) is 38.0 Å². The molecule has 0 unspecified atom stereocenters. The lowest BCUT2D eigenvalue weighted by molar-refractivity contribution is -0.385. The molecule has 2 aromatic rings. The zero-order chi connectivity index (χ0) is 21.4. The van der Waals surface area contributed by atoms with E-state index in [1.54, 1.807) is 0 Å². The minimum atomic E-state index is -5.42. The monoisotopic (exact) mass is 410 g/mol.